The molecule has 1 aliphatic heterocycles. The maximum absolute atomic E-state index is 11.1. The van der Waals surface area contributed by atoms with E-state index in [-0.39, 0.29) is 0 Å². The van der Waals surface area contributed by atoms with E-state index in [0.29, 0.717) is 0 Å². The summed E-state index contributed by atoms with van der Waals surface area (Å²) in [5.41, 5.74) is 0.823. The topological polar surface area (TPSA) is 40.5 Å². The number of aliphatic carboxylic acids is 1. The van der Waals surface area contributed by atoms with Crippen LogP contribution in [0.3, 0.4) is 0 Å². The molecule has 21 heavy (non-hydrogen) atoms. The average Bonchev–Trinajstić information content (AvgIpc) is 2.47. The Labute approximate surface area is 128 Å². The lowest BCUT2D eigenvalue weighted by Gasteiger charge is -2.33. The van der Waals surface area contributed by atoms with Gasteiger partial charge in [0, 0.05) is 0 Å². The minimum Gasteiger partial charge on any atom is -0.481 e. The van der Waals surface area contributed by atoms with E-state index in [1.54, 1.807) is 0 Å². The van der Waals surface area contributed by atoms with E-state index in [9.17, 15) is 4.79 Å². The van der Waals surface area contributed by atoms with Crippen molar-refractivity contribution >= 4 is 5.97 Å². The Morgan fingerprint density at radius 2 is 1.86 bits per heavy atom. The Kier molecular flexibility index (Phi) is 5.40. The molecule has 0 saturated carbocycles. The maximum atomic E-state index is 11.1. The standard InChI is InChI=1S/C18H27NO2/c1-18(2,17(20)21)10-13-19-11-8-16(9-12-19)14-15-6-4-3-5-7-15/h3-7,16H,8-14H2,1-2H3,(H,20,21). The van der Waals surface area contributed by atoms with Crippen LogP contribution in [0.5, 0.6) is 0 Å². The van der Waals surface area contributed by atoms with E-state index in [1.165, 1.54) is 24.8 Å². The Morgan fingerprint density at radius 1 is 1.24 bits per heavy atom. The van der Waals surface area contributed by atoms with Gasteiger partial charge in [-0.25, -0.2) is 0 Å². The second-order valence-corrected chi connectivity index (χ2v) is 6.91. The van der Waals surface area contributed by atoms with Gasteiger partial charge >= 0.3 is 5.97 Å². The number of rotatable bonds is 6. The molecule has 0 spiro atoms. The lowest BCUT2D eigenvalue weighted by atomic mass is 9.87. The Morgan fingerprint density at radius 3 is 2.43 bits per heavy atom. The first kappa shape index (κ1) is 16.0. The quantitative estimate of drug-likeness (QED) is 0.872. The number of carbonyl (C=O) groups is 1. The zero-order valence-electron chi connectivity index (χ0n) is 13.2. The fourth-order valence-corrected chi connectivity index (χ4v) is 2.91. The number of piperidine rings is 1. The van der Waals surface area contributed by atoms with Gasteiger partial charge in [0.05, 0.1) is 5.41 Å². The first-order chi connectivity index (χ1) is 9.97. The summed E-state index contributed by atoms with van der Waals surface area (Å²) in [4.78, 5) is 13.6. The van der Waals surface area contributed by atoms with Crippen molar-refractivity contribution in [1.82, 2.24) is 4.90 Å². The lowest BCUT2D eigenvalue weighted by molar-refractivity contribution is -0.147. The molecule has 3 heteroatoms. The van der Waals surface area contributed by atoms with E-state index in [0.717, 1.165) is 32.0 Å². The molecule has 3 nitrogen and oxygen atoms in total. The summed E-state index contributed by atoms with van der Waals surface area (Å²) >= 11 is 0. The summed E-state index contributed by atoms with van der Waals surface area (Å²) in [5.74, 6) is 0.0811. The highest BCUT2D eigenvalue weighted by Gasteiger charge is 2.28. The van der Waals surface area contributed by atoms with Crippen LogP contribution in [-0.2, 0) is 11.2 Å². The van der Waals surface area contributed by atoms with Crippen molar-refractivity contribution in [2.75, 3.05) is 19.6 Å². The zero-order valence-corrected chi connectivity index (χ0v) is 13.2. The highest BCUT2D eigenvalue weighted by Crippen LogP contribution is 2.25. The lowest BCUT2D eigenvalue weighted by Crippen LogP contribution is -2.37. The van der Waals surface area contributed by atoms with Gasteiger partial charge in [0.2, 0.25) is 0 Å². The second-order valence-electron chi connectivity index (χ2n) is 6.91. The highest BCUT2D eigenvalue weighted by molar-refractivity contribution is 5.73. The summed E-state index contributed by atoms with van der Waals surface area (Å²) in [6.07, 6.45) is 4.35. The smallest absolute Gasteiger partial charge is 0.309 e. The molecule has 1 aliphatic rings. The van der Waals surface area contributed by atoms with Gasteiger partial charge in [-0.05, 0) is 70.6 Å². The molecule has 1 aromatic carbocycles. The van der Waals surface area contributed by atoms with Crippen LogP contribution in [0.15, 0.2) is 30.3 Å². The molecule has 0 radical (unpaired) electrons. The van der Waals surface area contributed by atoms with Gasteiger partial charge in [0.1, 0.15) is 0 Å². The molecule has 1 heterocycles. The van der Waals surface area contributed by atoms with E-state index in [4.69, 9.17) is 5.11 Å². The van der Waals surface area contributed by atoms with E-state index < -0.39 is 11.4 Å². The summed E-state index contributed by atoms with van der Waals surface area (Å²) in [5, 5.41) is 9.16. The van der Waals surface area contributed by atoms with Crippen molar-refractivity contribution in [2.24, 2.45) is 11.3 Å². The molecule has 2 rings (SSSR count). The predicted molar refractivity (Wildman–Crippen MR) is 85.3 cm³/mol. The Hall–Kier alpha value is -1.35. The van der Waals surface area contributed by atoms with E-state index in [1.807, 2.05) is 13.8 Å². The normalized spacial score (nSPS) is 17.8. The van der Waals surface area contributed by atoms with Crippen molar-refractivity contribution < 1.29 is 9.90 Å². The number of nitrogens with zero attached hydrogens (tertiary/aromatic N) is 1. The molecule has 1 aromatic rings. The molecule has 1 fully saturated rings. The average molecular weight is 289 g/mol. The highest BCUT2D eigenvalue weighted by atomic mass is 16.4. The van der Waals surface area contributed by atoms with Gasteiger partial charge in [-0.3, -0.25) is 4.79 Å². The summed E-state index contributed by atoms with van der Waals surface area (Å²) in [7, 11) is 0. The van der Waals surface area contributed by atoms with Crippen molar-refractivity contribution in [1.29, 1.82) is 0 Å². The maximum Gasteiger partial charge on any atom is 0.309 e. The monoisotopic (exact) mass is 289 g/mol. The fourth-order valence-electron chi connectivity index (χ4n) is 2.91. The molecule has 0 bridgehead atoms. The third-order valence-electron chi connectivity index (χ3n) is 4.71. The molecule has 0 aromatic heterocycles. The number of carboxylic acid groups (broad SMARTS) is 1. The first-order valence-corrected chi connectivity index (χ1v) is 7.97. The van der Waals surface area contributed by atoms with Crippen molar-refractivity contribution in [2.45, 2.75) is 39.5 Å². The largest absolute Gasteiger partial charge is 0.481 e. The minimum atomic E-state index is -0.693. The molecule has 1 N–H and O–H groups in total. The predicted octanol–water partition coefficient (Wildman–Crippen LogP) is 3.44. The number of benzene rings is 1. The van der Waals surface area contributed by atoms with Crippen LogP contribution in [0.4, 0.5) is 0 Å². The summed E-state index contributed by atoms with van der Waals surface area (Å²) < 4.78 is 0. The number of hydrogen-bond donors (Lipinski definition) is 1. The molecule has 0 unspecified atom stereocenters. The molecule has 1 saturated heterocycles. The SMILES string of the molecule is CC(C)(CCN1CCC(Cc2ccccc2)CC1)C(=O)O. The van der Waals surface area contributed by atoms with Gasteiger partial charge in [-0.15, -0.1) is 0 Å². The second kappa shape index (κ2) is 7.08. The van der Waals surface area contributed by atoms with Gasteiger partial charge in [0.15, 0.2) is 0 Å². The van der Waals surface area contributed by atoms with Gasteiger partial charge < -0.3 is 10.0 Å². The molecular weight excluding hydrogens is 262 g/mol. The first-order valence-electron chi connectivity index (χ1n) is 7.97. The van der Waals surface area contributed by atoms with Crippen molar-refractivity contribution in [3.05, 3.63) is 35.9 Å². The fraction of sp³-hybridized carbons (Fsp3) is 0.611. The number of hydrogen-bond acceptors (Lipinski definition) is 2. The molecule has 116 valence electrons. The van der Waals surface area contributed by atoms with Crippen LogP contribution < -0.4 is 0 Å². The third kappa shape index (κ3) is 4.85. The van der Waals surface area contributed by atoms with Crippen LogP contribution >= 0.6 is 0 Å². The van der Waals surface area contributed by atoms with E-state index in [2.05, 4.69) is 35.2 Å². The van der Waals surface area contributed by atoms with Crippen molar-refractivity contribution in [3.63, 3.8) is 0 Å². The van der Waals surface area contributed by atoms with Crippen LogP contribution in [-0.4, -0.2) is 35.6 Å². The number of likely N-dealkylation sites (tertiary alicyclic amines) is 1. The van der Waals surface area contributed by atoms with Crippen LogP contribution in [0.2, 0.25) is 0 Å². The minimum absolute atomic E-state index is 0.610. The summed E-state index contributed by atoms with van der Waals surface area (Å²) in [6.45, 7) is 6.74. The molecular formula is C18H27NO2. The Bertz CT molecular complexity index is 448. The van der Waals surface area contributed by atoms with E-state index >= 15 is 0 Å². The van der Waals surface area contributed by atoms with Crippen LogP contribution in [0.25, 0.3) is 0 Å². The van der Waals surface area contributed by atoms with Gasteiger partial charge in [-0.1, -0.05) is 30.3 Å². The van der Waals surface area contributed by atoms with Gasteiger partial charge in [-0.2, -0.15) is 0 Å². The number of carboxylic acids is 1. The molecule has 0 amide bonds. The van der Waals surface area contributed by atoms with Crippen LogP contribution in [0, 0.1) is 11.3 Å². The zero-order chi connectivity index (χ0) is 15.3. The third-order valence-corrected chi connectivity index (χ3v) is 4.71. The summed E-state index contributed by atoms with van der Waals surface area (Å²) in [6, 6.07) is 10.7. The van der Waals surface area contributed by atoms with Crippen LogP contribution in [0.1, 0.15) is 38.7 Å². The molecule has 0 atom stereocenters. The van der Waals surface area contributed by atoms with Crippen molar-refractivity contribution in [3.8, 4) is 0 Å². The Balaban J connectivity index is 1.72. The molecule has 0 aliphatic carbocycles. The van der Waals surface area contributed by atoms with Gasteiger partial charge in [0.25, 0.3) is 0 Å².